The van der Waals surface area contributed by atoms with Gasteiger partial charge in [-0.25, -0.2) is 0 Å². The maximum atomic E-state index is 12.8. The zero-order chi connectivity index (χ0) is 19.1. The molecule has 3 aromatic carbocycles. The number of rotatable bonds is 4. The van der Waals surface area contributed by atoms with Gasteiger partial charge in [-0.15, -0.1) is 0 Å². The minimum absolute atomic E-state index is 0.114. The van der Waals surface area contributed by atoms with Crippen molar-refractivity contribution in [2.24, 2.45) is 0 Å². The molecule has 142 valence electrons. The number of carbonyl (C=O) groups is 1. The van der Waals surface area contributed by atoms with E-state index in [-0.39, 0.29) is 5.91 Å². The molecule has 0 heterocycles. The van der Waals surface area contributed by atoms with Crippen LogP contribution >= 0.6 is 0 Å². The third-order valence-electron chi connectivity index (χ3n) is 6.14. The number of amides is 1. The van der Waals surface area contributed by atoms with Crippen molar-refractivity contribution in [3.8, 4) is 5.75 Å². The Bertz CT molecular complexity index is 1060. The van der Waals surface area contributed by atoms with Gasteiger partial charge in [0.25, 0.3) is 5.91 Å². The summed E-state index contributed by atoms with van der Waals surface area (Å²) in [6, 6.07) is 16.8. The molecule has 0 unspecified atom stereocenters. The summed E-state index contributed by atoms with van der Waals surface area (Å²) in [4.78, 5) is 12.8. The van der Waals surface area contributed by atoms with Crippen LogP contribution in [0.25, 0.3) is 10.8 Å². The van der Waals surface area contributed by atoms with Crippen molar-refractivity contribution in [2.45, 2.75) is 51.6 Å². The van der Waals surface area contributed by atoms with Crippen molar-refractivity contribution in [3.05, 3.63) is 70.8 Å². The lowest BCUT2D eigenvalue weighted by Gasteiger charge is -2.19. The first-order valence-corrected chi connectivity index (χ1v) is 10.3. The first kappa shape index (κ1) is 17.3. The normalized spacial score (nSPS) is 15.9. The number of ether oxygens (including phenoxy) is 1. The molecule has 0 spiro atoms. The Morgan fingerprint density at radius 1 is 0.893 bits per heavy atom. The van der Waals surface area contributed by atoms with Gasteiger partial charge in [0.1, 0.15) is 5.75 Å². The van der Waals surface area contributed by atoms with Crippen molar-refractivity contribution in [1.29, 1.82) is 0 Å². The Morgan fingerprint density at radius 3 is 2.50 bits per heavy atom. The Morgan fingerprint density at radius 2 is 1.64 bits per heavy atom. The SMILES string of the molecule is C[C@@H](Oc1ccc2c(c1)CCCC2)C(=O)Nc1ccc2c3c(cccc13)CC2. The highest BCUT2D eigenvalue weighted by molar-refractivity contribution is 6.06. The van der Waals surface area contributed by atoms with Crippen LogP contribution in [0.4, 0.5) is 5.69 Å². The van der Waals surface area contributed by atoms with Gasteiger partial charge in [0.2, 0.25) is 0 Å². The van der Waals surface area contributed by atoms with Gasteiger partial charge >= 0.3 is 0 Å². The minimum Gasteiger partial charge on any atom is -0.481 e. The number of fused-ring (bicyclic) bond motifs is 1. The summed E-state index contributed by atoms with van der Waals surface area (Å²) in [6.07, 6.45) is 6.37. The fourth-order valence-electron chi connectivity index (χ4n) is 4.63. The maximum Gasteiger partial charge on any atom is 0.265 e. The number of nitrogens with one attached hydrogen (secondary N) is 1. The van der Waals surface area contributed by atoms with Crippen LogP contribution in [0.2, 0.25) is 0 Å². The summed E-state index contributed by atoms with van der Waals surface area (Å²) in [5.74, 6) is 0.667. The van der Waals surface area contributed by atoms with Gasteiger partial charge in [0.15, 0.2) is 6.10 Å². The third-order valence-corrected chi connectivity index (χ3v) is 6.14. The Hall–Kier alpha value is -2.81. The van der Waals surface area contributed by atoms with E-state index < -0.39 is 6.10 Å². The standard InChI is InChI=1S/C25H25NO2/c1-16(28-21-13-11-17-5-2-3-6-20(17)15-21)25(27)26-23-14-12-19-10-9-18-7-4-8-22(23)24(18)19/h4,7-8,11-16H,2-3,5-6,9-10H2,1H3,(H,26,27)/t16-/m1/s1. The molecule has 1 amide bonds. The third kappa shape index (κ3) is 3.05. The first-order valence-electron chi connectivity index (χ1n) is 10.3. The second-order valence-corrected chi connectivity index (χ2v) is 8.00. The fourth-order valence-corrected chi connectivity index (χ4v) is 4.63. The molecule has 3 aromatic rings. The highest BCUT2D eigenvalue weighted by atomic mass is 16.5. The van der Waals surface area contributed by atoms with Crippen molar-refractivity contribution in [2.75, 3.05) is 5.32 Å². The van der Waals surface area contributed by atoms with Crippen LogP contribution in [0.3, 0.4) is 0 Å². The van der Waals surface area contributed by atoms with Crippen molar-refractivity contribution >= 4 is 22.4 Å². The number of hydrogen-bond donors (Lipinski definition) is 1. The summed E-state index contributed by atoms with van der Waals surface area (Å²) in [6.45, 7) is 1.81. The molecule has 5 rings (SSSR count). The van der Waals surface area contributed by atoms with Gasteiger partial charge in [0, 0.05) is 11.1 Å². The fraction of sp³-hybridized carbons (Fsp3) is 0.320. The van der Waals surface area contributed by atoms with Crippen molar-refractivity contribution in [1.82, 2.24) is 0 Å². The van der Waals surface area contributed by atoms with E-state index in [2.05, 4.69) is 41.7 Å². The summed E-state index contributed by atoms with van der Waals surface area (Å²) >= 11 is 0. The lowest BCUT2D eigenvalue weighted by molar-refractivity contribution is -0.122. The lowest BCUT2D eigenvalue weighted by Crippen LogP contribution is -2.30. The molecule has 0 bridgehead atoms. The van der Waals surface area contributed by atoms with E-state index in [0.717, 1.165) is 42.5 Å². The summed E-state index contributed by atoms with van der Waals surface area (Å²) < 4.78 is 5.97. The highest BCUT2D eigenvalue weighted by Gasteiger charge is 2.20. The first-order chi connectivity index (χ1) is 13.7. The zero-order valence-corrected chi connectivity index (χ0v) is 16.3. The van der Waals surface area contributed by atoms with Crippen LogP contribution in [0.5, 0.6) is 5.75 Å². The summed E-state index contributed by atoms with van der Waals surface area (Å²) in [7, 11) is 0. The van der Waals surface area contributed by atoms with E-state index >= 15 is 0 Å². The van der Waals surface area contributed by atoms with Crippen LogP contribution in [0, 0.1) is 0 Å². The molecule has 0 aliphatic heterocycles. The summed E-state index contributed by atoms with van der Waals surface area (Å²) in [5, 5.41) is 5.52. The van der Waals surface area contributed by atoms with E-state index in [4.69, 9.17) is 4.74 Å². The number of anilines is 1. The van der Waals surface area contributed by atoms with Gasteiger partial charge in [0.05, 0.1) is 0 Å². The van der Waals surface area contributed by atoms with Gasteiger partial charge in [-0.2, -0.15) is 0 Å². The minimum atomic E-state index is -0.551. The highest BCUT2D eigenvalue weighted by Crippen LogP contribution is 2.35. The van der Waals surface area contributed by atoms with Crippen LogP contribution < -0.4 is 10.1 Å². The van der Waals surface area contributed by atoms with E-state index in [1.54, 1.807) is 0 Å². The molecule has 28 heavy (non-hydrogen) atoms. The largest absolute Gasteiger partial charge is 0.481 e. The number of aryl methyl sites for hydroxylation is 4. The van der Waals surface area contributed by atoms with E-state index in [1.807, 2.05) is 19.1 Å². The molecule has 3 heteroatoms. The van der Waals surface area contributed by atoms with Crippen molar-refractivity contribution < 1.29 is 9.53 Å². The molecule has 1 atom stereocenters. The Labute approximate surface area is 165 Å². The van der Waals surface area contributed by atoms with Gasteiger partial charge in [-0.3, -0.25) is 4.79 Å². The average molecular weight is 371 g/mol. The smallest absolute Gasteiger partial charge is 0.265 e. The monoisotopic (exact) mass is 371 g/mol. The number of carbonyl (C=O) groups excluding carboxylic acids is 1. The molecular weight excluding hydrogens is 346 g/mol. The van der Waals surface area contributed by atoms with Crippen LogP contribution in [0.1, 0.15) is 42.0 Å². The Balaban J connectivity index is 1.34. The predicted octanol–water partition coefficient (Wildman–Crippen LogP) is 5.22. The molecule has 2 aliphatic rings. The van der Waals surface area contributed by atoms with Gasteiger partial charge in [-0.1, -0.05) is 30.3 Å². The van der Waals surface area contributed by atoms with Crippen LogP contribution in [-0.4, -0.2) is 12.0 Å². The van der Waals surface area contributed by atoms with E-state index in [0.29, 0.717) is 0 Å². The molecule has 1 N–H and O–H groups in total. The molecule has 3 nitrogen and oxygen atoms in total. The molecule has 2 aliphatic carbocycles. The van der Waals surface area contributed by atoms with Gasteiger partial charge in [-0.05, 0) is 91.3 Å². The van der Waals surface area contributed by atoms with Crippen LogP contribution in [0.15, 0.2) is 48.5 Å². The average Bonchev–Trinajstić information content (AvgIpc) is 3.14. The molecule has 0 saturated carbocycles. The van der Waals surface area contributed by atoms with E-state index in [9.17, 15) is 4.79 Å². The lowest BCUT2D eigenvalue weighted by atomic mass is 9.92. The molecule has 0 aromatic heterocycles. The molecule has 0 radical (unpaired) electrons. The van der Waals surface area contributed by atoms with Gasteiger partial charge < -0.3 is 10.1 Å². The van der Waals surface area contributed by atoms with Crippen LogP contribution in [-0.2, 0) is 30.5 Å². The number of benzene rings is 3. The molecule has 0 saturated heterocycles. The number of hydrogen-bond acceptors (Lipinski definition) is 2. The quantitative estimate of drug-likeness (QED) is 0.682. The second-order valence-electron chi connectivity index (χ2n) is 8.00. The zero-order valence-electron chi connectivity index (χ0n) is 16.3. The molecular formula is C25H25NO2. The van der Waals surface area contributed by atoms with E-state index in [1.165, 1.54) is 40.5 Å². The predicted molar refractivity (Wildman–Crippen MR) is 113 cm³/mol. The van der Waals surface area contributed by atoms with Crippen molar-refractivity contribution in [3.63, 3.8) is 0 Å². The topological polar surface area (TPSA) is 38.3 Å². The summed E-state index contributed by atoms with van der Waals surface area (Å²) in [5.41, 5.74) is 6.41. The maximum absolute atomic E-state index is 12.8. The molecule has 0 fully saturated rings. The Kier molecular flexibility index (Phi) is 4.31. The second kappa shape index (κ2) is 6.97.